The van der Waals surface area contributed by atoms with Crippen molar-refractivity contribution in [1.29, 1.82) is 0 Å². The van der Waals surface area contributed by atoms with Crippen LogP contribution in [0.25, 0.3) is 0 Å². The van der Waals surface area contributed by atoms with Gasteiger partial charge in [-0.3, -0.25) is 15.5 Å². The van der Waals surface area contributed by atoms with E-state index in [1.165, 1.54) is 4.90 Å². The predicted octanol–water partition coefficient (Wildman–Crippen LogP) is 1.45. The van der Waals surface area contributed by atoms with Gasteiger partial charge in [0.25, 0.3) is 0 Å². The molecule has 0 aromatic carbocycles. The van der Waals surface area contributed by atoms with Crippen LogP contribution in [0.3, 0.4) is 0 Å². The van der Waals surface area contributed by atoms with Crippen molar-refractivity contribution in [2.45, 2.75) is 19.0 Å². The molecule has 2 heterocycles. The van der Waals surface area contributed by atoms with Crippen LogP contribution in [0.5, 0.6) is 0 Å². The van der Waals surface area contributed by atoms with Crippen LogP contribution in [-0.4, -0.2) is 34.2 Å². The molecule has 0 bridgehead atoms. The number of hydrogen-bond acceptors (Lipinski definition) is 7. The summed E-state index contributed by atoms with van der Waals surface area (Å²) in [6.07, 6.45) is -3.14. The van der Waals surface area contributed by atoms with Gasteiger partial charge >= 0.3 is 11.9 Å². The van der Waals surface area contributed by atoms with Gasteiger partial charge in [-0.1, -0.05) is 0 Å². The third kappa shape index (κ3) is 3.29. The molecule has 1 aliphatic heterocycles. The number of anilines is 2. The summed E-state index contributed by atoms with van der Waals surface area (Å²) in [5.74, 6) is 3.35. The second-order valence-electron chi connectivity index (χ2n) is 4.63. The number of nitro groups is 1. The van der Waals surface area contributed by atoms with E-state index in [1.54, 1.807) is 0 Å². The number of hydrazine groups is 1. The maximum Gasteiger partial charge on any atom is 0.393 e. The van der Waals surface area contributed by atoms with Crippen LogP contribution in [0.2, 0.25) is 0 Å². The molecular weight excluding hydrogens is 293 g/mol. The Labute approximate surface area is 117 Å². The van der Waals surface area contributed by atoms with Gasteiger partial charge < -0.3 is 4.90 Å². The van der Waals surface area contributed by atoms with Crippen LogP contribution in [0, 0.1) is 16.0 Å². The van der Waals surface area contributed by atoms with Crippen molar-refractivity contribution < 1.29 is 18.1 Å². The van der Waals surface area contributed by atoms with E-state index in [9.17, 15) is 23.3 Å². The molecule has 11 heteroatoms. The molecule has 0 saturated carbocycles. The Morgan fingerprint density at radius 1 is 1.52 bits per heavy atom. The molecule has 0 spiro atoms. The van der Waals surface area contributed by atoms with Crippen molar-refractivity contribution in [3.8, 4) is 0 Å². The van der Waals surface area contributed by atoms with Crippen molar-refractivity contribution in [2.75, 3.05) is 23.4 Å². The number of hydrogen-bond donors (Lipinski definition) is 2. The highest BCUT2D eigenvalue weighted by Crippen LogP contribution is 2.36. The fraction of sp³-hybridized carbons (Fsp3) is 0.600. The average molecular weight is 306 g/mol. The van der Waals surface area contributed by atoms with Crippen molar-refractivity contribution in [1.82, 2.24) is 9.97 Å². The van der Waals surface area contributed by atoms with Gasteiger partial charge in [0.1, 0.15) is 6.20 Å². The first-order valence-electron chi connectivity index (χ1n) is 6.12. The quantitative estimate of drug-likeness (QED) is 0.494. The number of nitrogens with zero attached hydrogens (tertiary/aromatic N) is 4. The zero-order valence-corrected chi connectivity index (χ0v) is 10.8. The Balaban J connectivity index is 2.33. The highest BCUT2D eigenvalue weighted by atomic mass is 19.4. The van der Waals surface area contributed by atoms with Gasteiger partial charge in [-0.15, -0.1) is 0 Å². The standard InChI is InChI=1S/C10H13F3N6O2/c11-10(12,13)6-2-1-3-18(5-6)8-7(19(20)21)4-15-9(16-8)17-14/h4,6H,1-3,5,14H2,(H,15,16,17). The zero-order chi connectivity index (χ0) is 15.6. The lowest BCUT2D eigenvalue weighted by Crippen LogP contribution is -2.42. The molecule has 116 valence electrons. The number of alkyl halides is 3. The zero-order valence-electron chi connectivity index (χ0n) is 10.8. The number of halogens is 3. The molecule has 0 amide bonds. The summed E-state index contributed by atoms with van der Waals surface area (Å²) in [5, 5.41) is 11.0. The van der Waals surface area contributed by atoms with E-state index >= 15 is 0 Å². The van der Waals surface area contributed by atoms with Crippen LogP contribution in [0.4, 0.5) is 30.6 Å². The molecule has 1 atom stereocenters. The SMILES string of the molecule is NNc1ncc([N+](=O)[O-])c(N2CCCC(C(F)(F)F)C2)n1. The van der Waals surface area contributed by atoms with E-state index in [4.69, 9.17) is 5.84 Å². The van der Waals surface area contributed by atoms with Gasteiger partial charge in [0.2, 0.25) is 11.8 Å². The highest BCUT2D eigenvalue weighted by Gasteiger charge is 2.43. The van der Waals surface area contributed by atoms with E-state index in [1.807, 2.05) is 0 Å². The summed E-state index contributed by atoms with van der Waals surface area (Å²) in [5.41, 5.74) is 1.67. The fourth-order valence-corrected chi connectivity index (χ4v) is 2.23. The molecule has 3 N–H and O–H groups in total. The third-order valence-corrected chi connectivity index (χ3v) is 3.26. The summed E-state index contributed by atoms with van der Waals surface area (Å²) in [4.78, 5) is 18.9. The molecule has 0 aliphatic carbocycles. The molecule has 1 fully saturated rings. The van der Waals surface area contributed by atoms with Crippen LogP contribution < -0.4 is 16.2 Å². The minimum atomic E-state index is -4.34. The van der Waals surface area contributed by atoms with Crippen LogP contribution >= 0.6 is 0 Å². The maximum absolute atomic E-state index is 12.8. The van der Waals surface area contributed by atoms with Gasteiger partial charge in [0.05, 0.1) is 10.8 Å². The van der Waals surface area contributed by atoms with Crippen LogP contribution in [0.1, 0.15) is 12.8 Å². The molecule has 21 heavy (non-hydrogen) atoms. The van der Waals surface area contributed by atoms with Gasteiger partial charge in [0.15, 0.2) is 0 Å². The summed E-state index contributed by atoms with van der Waals surface area (Å²) < 4.78 is 38.4. The van der Waals surface area contributed by atoms with E-state index < -0.39 is 22.7 Å². The van der Waals surface area contributed by atoms with E-state index in [0.717, 1.165) is 6.20 Å². The second-order valence-corrected chi connectivity index (χ2v) is 4.63. The van der Waals surface area contributed by atoms with E-state index in [-0.39, 0.29) is 37.7 Å². The summed E-state index contributed by atoms with van der Waals surface area (Å²) in [6.45, 7) is -0.111. The number of nitrogens with one attached hydrogen (secondary N) is 1. The number of aromatic nitrogens is 2. The molecule has 1 unspecified atom stereocenters. The Kier molecular flexibility index (Phi) is 4.11. The molecule has 1 aromatic rings. The van der Waals surface area contributed by atoms with Crippen LogP contribution in [0.15, 0.2) is 6.20 Å². The third-order valence-electron chi connectivity index (χ3n) is 3.26. The lowest BCUT2D eigenvalue weighted by molar-refractivity contribution is -0.384. The first-order valence-corrected chi connectivity index (χ1v) is 6.12. The summed E-state index contributed by atoms with van der Waals surface area (Å²) >= 11 is 0. The first-order chi connectivity index (χ1) is 9.82. The Morgan fingerprint density at radius 3 is 2.81 bits per heavy atom. The first kappa shape index (κ1) is 15.2. The van der Waals surface area contributed by atoms with Crippen LogP contribution in [-0.2, 0) is 0 Å². The number of piperidine rings is 1. The molecule has 1 aromatic heterocycles. The average Bonchev–Trinajstić information content (AvgIpc) is 2.45. The lowest BCUT2D eigenvalue weighted by atomic mass is 9.97. The summed E-state index contributed by atoms with van der Waals surface area (Å²) in [7, 11) is 0. The molecule has 2 rings (SSSR count). The Bertz CT molecular complexity index is 538. The molecule has 0 radical (unpaired) electrons. The second kappa shape index (κ2) is 5.68. The Morgan fingerprint density at radius 2 is 2.24 bits per heavy atom. The van der Waals surface area contributed by atoms with E-state index in [2.05, 4.69) is 15.4 Å². The normalized spacial score (nSPS) is 19.4. The fourth-order valence-electron chi connectivity index (χ4n) is 2.23. The molecule has 1 saturated heterocycles. The highest BCUT2D eigenvalue weighted by molar-refractivity contribution is 5.59. The minimum Gasteiger partial charge on any atom is -0.350 e. The largest absolute Gasteiger partial charge is 0.393 e. The topological polar surface area (TPSA) is 110 Å². The lowest BCUT2D eigenvalue weighted by Gasteiger charge is -2.34. The number of nitrogen functional groups attached to an aromatic ring is 1. The van der Waals surface area contributed by atoms with Crippen molar-refractivity contribution in [3.05, 3.63) is 16.3 Å². The predicted molar refractivity (Wildman–Crippen MR) is 67.5 cm³/mol. The van der Waals surface area contributed by atoms with Crippen molar-refractivity contribution in [3.63, 3.8) is 0 Å². The molecule has 1 aliphatic rings. The van der Waals surface area contributed by atoms with Crippen molar-refractivity contribution >= 4 is 17.5 Å². The Hall–Kier alpha value is -2.17. The van der Waals surface area contributed by atoms with E-state index in [0.29, 0.717) is 0 Å². The van der Waals surface area contributed by atoms with Gasteiger partial charge in [-0.05, 0) is 12.8 Å². The van der Waals surface area contributed by atoms with Gasteiger partial charge in [0, 0.05) is 13.1 Å². The maximum atomic E-state index is 12.8. The summed E-state index contributed by atoms with van der Waals surface area (Å²) in [6, 6.07) is 0. The van der Waals surface area contributed by atoms with Gasteiger partial charge in [-0.25, -0.2) is 10.8 Å². The van der Waals surface area contributed by atoms with Gasteiger partial charge in [-0.2, -0.15) is 18.2 Å². The smallest absolute Gasteiger partial charge is 0.350 e. The molecule has 8 nitrogen and oxygen atoms in total. The number of rotatable bonds is 3. The molecular formula is C10H13F3N6O2. The monoisotopic (exact) mass is 306 g/mol. The van der Waals surface area contributed by atoms with Crippen molar-refractivity contribution in [2.24, 2.45) is 11.8 Å². The minimum absolute atomic E-state index is 0.000870. The number of nitrogens with two attached hydrogens (primary N) is 1.